The van der Waals surface area contributed by atoms with Gasteiger partial charge >= 0.3 is 12.1 Å². The van der Waals surface area contributed by atoms with Gasteiger partial charge < -0.3 is 19.3 Å². The molecule has 188 valence electrons. The fourth-order valence-corrected chi connectivity index (χ4v) is 4.57. The van der Waals surface area contributed by atoms with Gasteiger partial charge in [0.05, 0.1) is 30.7 Å². The van der Waals surface area contributed by atoms with Crippen LogP contribution in [0.5, 0.6) is 5.75 Å². The highest BCUT2D eigenvalue weighted by atomic mass is 16.6. The summed E-state index contributed by atoms with van der Waals surface area (Å²) in [5, 5.41) is 10.8. The van der Waals surface area contributed by atoms with Gasteiger partial charge in [-0.1, -0.05) is 48.5 Å². The number of para-hydroxylation sites is 2. The van der Waals surface area contributed by atoms with E-state index in [0.29, 0.717) is 43.0 Å². The van der Waals surface area contributed by atoms with Crippen molar-refractivity contribution < 1.29 is 28.9 Å². The van der Waals surface area contributed by atoms with Crippen molar-refractivity contribution in [1.82, 2.24) is 0 Å². The molecule has 2 atom stereocenters. The second-order valence-electron chi connectivity index (χ2n) is 8.54. The van der Waals surface area contributed by atoms with Gasteiger partial charge in [-0.05, 0) is 67.6 Å². The van der Waals surface area contributed by atoms with E-state index in [1.165, 1.54) is 4.90 Å². The Morgan fingerprint density at radius 2 is 1.58 bits per heavy atom. The SMILES string of the molecule is CCOC(=O)COc1cccc2c1CC[C@@H](O)[C@@H]2CCOC(=O)N(c1ccccc1)c1ccccc1. The number of fused-ring (bicyclic) bond motifs is 1. The van der Waals surface area contributed by atoms with Crippen LogP contribution in [0.25, 0.3) is 0 Å². The molecule has 0 saturated heterocycles. The molecule has 0 aromatic heterocycles. The van der Waals surface area contributed by atoms with Crippen molar-refractivity contribution >= 4 is 23.4 Å². The van der Waals surface area contributed by atoms with Gasteiger partial charge in [-0.25, -0.2) is 14.5 Å². The number of carbonyl (C=O) groups is 2. The van der Waals surface area contributed by atoms with Crippen LogP contribution < -0.4 is 9.64 Å². The highest BCUT2D eigenvalue weighted by molar-refractivity contribution is 5.95. The van der Waals surface area contributed by atoms with Gasteiger partial charge in [-0.15, -0.1) is 0 Å². The molecule has 0 radical (unpaired) electrons. The van der Waals surface area contributed by atoms with Crippen LogP contribution in [-0.4, -0.2) is 43.1 Å². The minimum absolute atomic E-state index is 0.143. The third-order valence-corrected chi connectivity index (χ3v) is 6.24. The first kappa shape index (κ1) is 25.3. The highest BCUT2D eigenvalue weighted by Gasteiger charge is 2.30. The van der Waals surface area contributed by atoms with Crippen molar-refractivity contribution in [3.63, 3.8) is 0 Å². The lowest BCUT2D eigenvalue weighted by Crippen LogP contribution is -2.30. The van der Waals surface area contributed by atoms with Crippen molar-refractivity contribution in [2.45, 2.75) is 38.2 Å². The zero-order valence-electron chi connectivity index (χ0n) is 20.3. The summed E-state index contributed by atoms with van der Waals surface area (Å²) in [5.74, 6) is -0.0147. The summed E-state index contributed by atoms with van der Waals surface area (Å²) in [6, 6.07) is 24.3. The molecule has 3 aromatic rings. The number of aliphatic hydroxyl groups excluding tert-OH is 1. The van der Waals surface area contributed by atoms with Gasteiger partial charge in [-0.2, -0.15) is 0 Å². The first-order valence-electron chi connectivity index (χ1n) is 12.2. The Kier molecular flexibility index (Phi) is 8.57. The molecule has 36 heavy (non-hydrogen) atoms. The molecule has 0 unspecified atom stereocenters. The molecule has 7 heteroatoms. The first-order chi connectivity index (χ1) is 17.6. The molecule has 1 aliphatic carbocycles. The van der Waals surface area contributed by atoms with Gasteiger partial charge in [0.2, 0.25) is 0 Å². The van der Waals surface area contributed by atoms with Crippen molar-refractivity contribution in [3.8, 4) is 5.75 Å². The molecule has 0 saturated carbocycles. The van der Waals surface area contributed by atoms with Crippen LogP contribution in [-0.2, 0) is 20.7 Å². The predicted molar refractivity (Wildman–Crippen MR) is 137 cm³/mol. The van der Waals surface area contributed by atoms with Crippen molar-refractivity contribution in [3.05, 3.63) is 90.0 Å². The van der Waals surface area contributed by atoms with E-state index in [1.807, 2.05) is 78.9 Å². The summed E-state index contributed by atoms with van der Waals surface area (Å²) in [6.07, 6.45) is 0.617. The Morgan fingerprint density at radius 1 is 0.917 bits per heavy atom. The zero-order valence-corrected chi connectivity index (χ0v) is 20.3. The van der Waals surface area contributed by atoms with Gasteiger partial charge in [0.25, 0.3) is 0 Å². The number of hydrogen-bond donors (Lipinski definition) is 1. The largest absolute Gasteiger partial charge is 0.482 e. The van der Waals surface area contributed by atoms with Crippen LogP contribution in [0.1, 0.15) is 36.8 Å². The second-order valence-corrected chi connectivity index (χ2v) is 8.54. The Morgan fingerprint density at radius 3 is 2.22 bits per heavy atom. The number of rotatable bonds is 9. The number of esters is 1. The maximum atomic E-state index is 13.1. The molecule has 0 fully saturated rings. The van der Waals surface area contributed by atoms with E-state index in [2.05, 4.69) is 0 Å². The average Bonchev–Trinajstić information content (AvgIpc) is 2.90. The fourth-order valence-electron chi connectivity index (χ4n) is 4.57. The van der Waals surface area contributed by atoms with Gasteiger partial charge in [-0.3, -0.25) is 0 Å². The lowest BCUT2D eigenvalue weighted by Gasteiger charge is -2.31. The van der Waals surface area contributed by atoms with Crippen molar-refractivity contribution in [2.75, 3.05) is 24.7 Å². The number of benzene rings is 3. The molecule has 1 aliphatic rings. The van der Waals surface area contributed by atoms with Crippen molar-refractivity contribution in [1.29, 1.82) is 0 Å². The maximum absolute atomic E-state index is 13.1. The first-order valence-corrected chi connectivity index (χ1v) is 12.2. The number of amides is 1. The maximum Gasteiger partial charge on any atom is 0.418 e. The topological polar surface area (TPSA) is 85.3 Å². The number of carbonyl (C=O) groups excluding carboxylic acids is 2. The van der Waals surface area contributed by atoms with Crippen LogP contribution in [0.3, 0.4) is 0 Å². The van der Waals surface area contributed by atoms with E-state index in [9.17, 15) is 14.7 Å². The number of anilines is 2. The molecule has 3 aromatic carbocycles. The van der Waals surface area contributed by atoms with Gasteiger partial charge in [0.15, 0.2) is 6.61 Å². The van der Waals surface area contributed by atoms with E-state index in [-0.39, 0.29) is 19.1 Å². The smallest absolute Gasteiger partial charge is 0.418 e. The summed E-state index contributed by atoms with van der Waals surface area (Å²) in [5.41, 5.74) is 3.34. The number of aliphatic hydroxyl groups is 1. The van der Waals surface area contributed by atoms with Crippen LogP contribution in [0.4, 0.5) is 16.2 Å². The minimum atomic E-state index is -0.559. The number of hydrogen-bond acceptors (Lipinski definition) is 6. The summed E-state index contributed by atoms with van der Waals surface area (Å²) in [4.78, 5) is 26.4. The van der Waals surface area contributed by atoms with Gasteiger partial charge in [0.1, 0.15) is 5.75 Å². The summed E-state index contributed by atoms with van der Waals surface area (Å²) < 4.78 is 16.4. The molecular formula is C29H31NO6. The molecule has 0 spiro atoms. The van der Waals surface area contributed by atoms with E-state index < -0.39 is 18.2 Å². The molecule has 0 heterocycles. The lowest BCUT2D eigenvalue weighted by molar-refractivity contribution is -0.145. The monoisotopic (exact) mass is 489 g/mol. The van der Waals surface area contributed by atoms with E-state index >= 15 is 0 Å². The summed E-state index contributed by atoms with van der Waals surface area (Å²) >= 11 is 0. The second kappa shape index (κ2) is 12.2. The lowest BCUT2D eigenvalue weighted by atomic mass is 9.79. The molecule has 4 rings (SSSR count). The third-order valence-electron chi connectivity index (χ3n) is 6.24. The molecule has 0 aliphatic heterocycles. The highest BCUT2D eigenvalue weighted by Crippen LogP contribution is 2.39. The quantitative estimate of drug-likeness (QED) is 0.406. The normalized spacial score (nSPS) is 16.5. The fraction of sp³-hybridized carbons (Fsp3) is 0.310. The summed E-state index contributed by atoms with van der Waals surface area (Å²) in [6.45, 7) is 2.03. The van der Waals surface area contributed by atoms with Crippen molar-refractivity contribution in [2.24, 2.45) is 0 Å². The Labute approximate surface area is 211 Å². The van der Waals surface area contributed by atoms with Crippen LogP contribution in [0.15, 0.2) is 78.9 Å². The predicted octanol–water partition coefficient (Wildman–Crippen LogP) is 5.38. The minimum Gasteiger partial charge on any atom is -0.482 e. The Balaban J connectivity index is 1.44. The van der Waals surface area contributed by atoms with Crippen LogP contribution >= 0.6 is 0 Å². The molecule has 1 amide bonds. The number of nitrogens with zero attached hydrogens (tertiary/aromatic N) is 1. The molecule has 0 bridgehead atoms. The summed E-state index contributed by atoms with van der Waals surface area (Å²) in [7, 11) is 0. The Bertz CT molecular complexity index is 1110. The van der Waals surface area contributed by atoms with E-state index in [0.717, 1.165) is 11.1 Å². The molecule has 1 N–H and O–H groups in total. The molecule has 7 nitrogen and oxygen atoms in total. The average molecular weight is 490 g/mol. The third kappa shape index (κ3) is 6.04. The number of ether oxygens (including phenoxy) is 3. The van der Waals surface area contributed by atoms with Crippen LogP contribution in [0.2, 0.25) is 0 Å². The molecular weight excluding hydrogens is 458 g/mol. The standard InChI is InChI=1S/C29H31NO6/c1-2-34-28(32)20-36-27-15-9-14-23-24(26(31)17-16-25(23)27)18-19-35-29(33)30(21-10-5-3-6-11-21)22-12-7-4-8-13-22/h3-15,24,26,31H,2,16-20H2,1H3/t24-,26-/m1/s1. The van der Waals surface area contributed by atoms with Gasteiger partial charge in [0, 0.05) is 5.92 Å². The van der Waals surface area contributed by atoms with E-state index in [1.54, 1.807) is 6.92 Å². The zero-order chi connectivity index (χ0) is 25.3. The Hall–Kier alpha value is -3.84. The van der Waals surface area contributed by atoms with E-state index in [4.69, 9.17) is 14.2 Å². The van der Waals surface area contributed by atoms with Crippen LogP contribution in [0, 0.1) is 0 Å².